The number of ether oxygens (including phenoxy) is 1. The molecule has 3 aromatic carbocycles. The van der Waals surface area contributed by atoms with Gasteiger partial charge in [-0.1, -0.05) is 43.3 Å². The molecule has 0 radical (unpaired) electrons. The summed E-state index contributed by atoms with van der Waals surface area (Å²) in [4.78, 5) is 3.70. The molecule has 2 N–H and O–H groups in total. The van der Waals surface area contributed by atoms with E-state index in [0.717, 1.165) is 29.5 Å². The zero-order valence-corrected chi connectivity index (χ0v) is 22.9. The first-order chi connectivity index (χ1) is 17.8. The maximum atomic E-state index is 14.9. The molecule has 12 heteroatoms. The number of nitrogens with two attached hydrogens (primary N) is 1. The van der Waals surface area contributed by atoms with Gasteiger partial charge in [0.1, 0.15) is 28.1 Å². The van der Waals surface area contributed by atoms with Crippen LogP contribution in [0.25, 0.3) is 5.69 Å². The van der Waals surface area contributed by atoms with Gasteiger partial charge in [-0.2, -0.15) is 0 Å². The Bertz CT molecular complexity index is 1610. The first-order valence-corrected chi connectivity index (χ1v) is 14.1. The van der Waals surface area contributed by atoms with Gasteiger partial charge in [0.2, 0.25) is 10.0 Å². The van der Waals surface area contributed by atoms with Crippen molar-refractivity contribution in [1.82, 2.24) is 9.55 Å². The predicted octanol–water partition coefficient (Wildman–Crippen LogP) is 6.22. The first kappa shape index (κ1) is 28.0. The third kappa shape index (κ3) is 5.42. The van der Waals surface area contributed by atoms with E-state index in [9.17, 15) is 21.6 Å². The average Bonchev–Trinajstić information content (AvgIpc) is 3.28. The second-order valence-electron chi connectivity index (χ2n) is 8.88. The van der Waals surface area contributed by atoms with Gasteiger partial charge in [-0.15, -0.1) is 0 Å². The van der Waals surface area contributed by atoms with Gasteiger partial charge >= 0.3 is 0 Å². The van der Waals surface area contributed by atoms with Gasteiger partial charge in [-0.05, 0) is 54.1 Å². The van der Waals surface area contributed by atoms with Crippen molar-refractivity contribution in [3.63, 3.8) is 0 Å². The van der Waals surface area contributed by atoms with Gasteiger partial charge < -0.3 is 4.74 Å². The number of sulfonamides is 1. The lowest BCUT2D eigenvalue weighted by molar-refractivity contribution is 0.413. The van der Waals surface area contributed by atoms with Crippen molar-refractivity contribution < 1.29 is 26.3 Å². The first-order valence-electron chi connectivity index (χ1n) is 11.1. The fraction of sp³-hybridized carbons (Fsp3) is 0.192. The number of primary sulfonamides is 1. The van der Waals surface area contributed by atoms with Crippen LogP contribution in [-0.2, 0) is 21.2 Å². The van der Waals surface area contributed by atoms with Crippen LogP contribution in [0.5, 0.6) is 5.75 Å². The fourth-order valence-corrected chi connectivity index (χ4v) is 5.80. The lowest BCUT2D eigenvalue weighted by Crippen LogP contribution is -2.23. The Morgan fingerprint density at radius 2 is 1.76 bits per heavy atom. The highest BCUT2D eigenvalue weighted by Gasteiger charge is 2.31. The van der Waals surface area contributed by atoms with Crippen LogP contribution in [0.15, 0.2) is 70.8 Å². The molecule has 0 unspecified atom stereocenters. The molecule has 0 atom stereocenters. The van der Waals surface area contributed by atoms with E-state index >= 15 is 0 Å². The zero-order chi connectivity index (χ0) is 27.8. The molecular formula is C26H23ClF3N3O3S2. The van der Waals surface area contributed by atoms with Crippen molar-refractivity contribution in [2.24, 2.45) is 5.14 Å². The number of hydrogen-bond acceptors (Lipinski definition) is 5. The molecule has 0 spiro atoms. The van der Waals surface area contributed by atoms with Crippen molar-refractivity contribution in [2.75, 3.05) is 7.11 Å². The quantitative estimate of drug-likeness (QED) is 0.250. The van der Waals surface area contributed by atoms with E-state index in [1.54, 1.807) is 35.0 Å². The summed E-state index contributed by atoms with van der Waals surface area (Å²) in [6.45, 7) is 3.91. The molecule has 200 valence electrons. The third-order valence-electron chi connectivity index (χ3n) is 6.13. The molecular weight excluding hydrogens is 559 g/mol. The second-order valence-corrected chi connectivity index (χ2v) is 11.8. The van der Waals surface area contributed by atoms with E-state index in [1.165, 1.54) is 19.2 Å². The SMILES string of the molecule is COc1cc(C(C)(C)c2cnc(SCc3c(F)ccc(S(N)(=O)=O)c3F)n2-c2ccc(F)cc2)ccc1Cl. The molecule has 0 saturated carbocycles. The summed E-state index contributed by atoms with van der Waals surface area (Å²) in [5.41, 5.74) is 0.960. The Labute approximate surface area is 227 Å². The summed E-state index contributed by atoms with van der Waals surface area (Å²) in [6, 6.07) is 12.7. The lowest BCUT2D eigenvalue weighted by Gasteiger charge is -2.28. The maximum absolute atomic E-state index is 14.9. The Morgan fingerprint density at radius 1 is 1.08 bits per heavy atom. The normalized spacial score (nSPS) is 12.1. The topological polar surface area (TPSA) is 87.2 Å². The Balaban J connectivity index is 1.81. The summed E-state index contributed by atoms with van der Waals surface area (Å²) in [7, 11) is -2.88. The minimum absolute atomic E-state index is 0.284. The number of halogens is 4. The van der Waals surface area contributed by atoms with Crippen LogP contribution >= 0.6 is 23.4 Å². The molecule has 0 amide bonds. The van der Waals surface area contributed by atoms with Crippen molar-refractivity contribution in [2.45, 2.75) is 35.1 Å². The molecule has 0 saturated heterocycles. The number of methoxy groups -OCH3 is 1. The molecule has 0 bridgehead atoms. The minimum atomic E-state index is -4.39. The molecule has 6 nitrogen and oxygen atoms in total. The van der Waals surface area contributed by atoms with Gasteiger partial charge in [0, 0.05) is 22.4 Å². The fourth-order valence-electron chi connectivity index (χ4n) is 3.98. The number of imidazole rings is 1. The zero-order valence-electron chi connectivity index (χ0n) is 20.5. The van der Waals surface area contributed by atoms with E-state index in [1.807, 2.05) is 19.9 Å². The number of thioether (sulfide) groups is 1. The van der Waals surface area contributed by atoms with Crippen LogP contribution in [-0.4, -0.2) is 25.1 Å². The van der Waals surface area contributed by atoms with E-state index in [4.69, 9.17) is 21.5 Å². The molecule has 0 fully saturated rings. The molecule has 0 aliphatic heterocycles. The standard InChI is InChI=1S/C26H23ClF3N3O3S2/c1-26(2,15-4-9-19(27)21(12-15)36-3)23-13-32-25(33(23)17-7-5-16(28)6-8-17)37-14-18-20(29)10-11-22(24(18)30)38(31,34)35/h4-13H,14H2,1-3H3,(H2,31,34,35). The highest BCUT2D eigenvalue weighted by molar-refractivity contribution is 7.98. The van der Waals surface area contributed by atoms with Gasteiger partial charge in [0.25, 0.3) is 0 Å². The van der Waals surface area contributed by atoms with Gasteiger partial charge in [-0.3, -0.25) is 4.57 Å². The van der Waals surface area contributed by atoms with Crippen molar-refractivity contribution in [3.8, 4) is 11.4 Å². The molecule has 38 heavy (non-hydrogen) atoms. The molecule has 1 heterocycles. The van der Waals surface area contributed by atoms with Gasteiger partial charge in [0.05, 0.1) is 24.0 Å². The highest BCUT2D eigenvalue weighted by atomic mass is 35.5. The van der Waals surface area contributed by atoms with Crippen molar-refractivity contribution in [1.29, 1.82) is 0 Å². The van der Waals surface area contributed by atoms with Crippen LogP contribution in [0.2, 0.25) is 5.02 Å². The number of benzene rings is 3. The van der Waals surface area contributed by atoms with Crippen LogP contribution in [0.3, 0.4) is 0 Å². The maximum Gasteiger partial charge on any atom is 0.240 e. The largest absolute Gasteiger partial charge is 0.495 e. The van der Waals surface area contributed by atoms with Crippen molar-refractivity contribution >= 4 is 33.4 Å². The van der Waals surface area contributed by atoms with E-state index in [-0.39, 0.29) is 5.75 Å². The van der Waals surface area contributed by atoms with E-state index in [0.29, 0.717) is 27.3 Å². The Hall–Kier alpha value is -2.99. The monoisotopic (exact) mass is 581 g/mol. The van der Waals surface area contributed by atoms with Crippen LogP contribution in [0.1, 0.15) is 30.7 Å². The summed E-state index contributed by atoms with van der Waals surface area (Å²) >= 11 is 7.20. The van der Waals surface area contributed by atoms with E-state index in [2.05, 4.69) is 4.98 Å². The molecule has 0 aliphatic rings. The molecule has 0 aliphatic carbocycles. The van der Waals surface area contributed by atoms with Crippen LogP contribution in [0, 0.1) is 17.5 Å². The number of nitrogens with zero attached hydrogens (tertiary/aromatic N) is 2. The van der Waals surface area contributed by atoms with Gasteiger partial charge in [0.15, 0.2) is 5.16 Å². The summed E-state index contributed by atoms with van der Waals surface area (Å²) in [6.07, 6.45) is 1.63. The average molecular weight is 582 g/mol. The van der Waals surface area contributed by atoms with Crippen LogP contribution in [0.4, 0.5) is 13.2 Å². The molecule has 1 aromatic heterocycles. The van der Waals surface area contributed by atoms with Crippen LogP contribution < -0.4 is 9.88 Å². The Kier molecular flexibility index (Phi) is 7.85. The lowest BCUT2D eigenvalue weighted by atomic mass is 9.81. The second kappa shape index (κ2) is 10.6. The number of rotatable bonds is 8. The third-order valence-corrected chi connectivity index (χ3v) is 8.35. The summed E-state index contributed by atoms with van der Waals surface area (Å²) in [5, 5.41) is 5.86. The Morgan fingerprint density at radius 3 is 2.39 bits per heavy atom. The smallest absolute Gasteiger partial charge is 0.240 e. The number of hydrogen-bond donors (Lipinski definition) is 1. The summed E-state index contributed by atoms with van der Waals surface area (Å²) < 4.78 is 73.7. The highest BCUT2D eigenvalue weighted by Crippen LogP contribution is 2.39. The molecule has 4 rings (SSSR count). The predicted molar refractivity (Wildman–Crippen MR) is 141 cm³/mol. The minimum Gasteiger partial charge on any atom is -0.495 e. The van der Waals surface area contributed by atoms with E-state index < -0.39 is 43.3 Å². The molecule has 4 aromatic rings. The van der Waals surface area contributed by atoms with Gasteiger partial charge in [-0.25, -0.2) is 31.7 Å². The summed E-state index contributed by atoms with van der Waals surface area (Å²) in [5.74, 6) is -2.41. The van der Waals surface area contributed by atoms with Crippen molar-refractivity contribution in [3.05, 3.63) is 100 Å². The number of aromatic nitrogens is 2.